The Bertz CT molecular complexity index is 1090. The molecule has 1 amide bonds. The molecule has 0 bridgehead atoms. The summed E-state index contributed by atoms with van der Waals surface area (Å²) < 4.78 is 39.4. The van der Waals surface area contributed by atoms with Crippen molar-refractivity contribution in [3.63, 3.8) is 0 Å². The quantitative estimate of drug-likeness (QED) is 0.391. The second kappa shape index (κ2) is 9.40. The third-order valence-electron chi connectivity index (χ3n) is 4.51. The number of carbonyl (C=O) groups is 1. The number of anilines is 2. The van der Waals surface area contributed by atoms with Crippen LogP contribution in [0.25, 0.3) is 11.3 Å². The molecule has 3 rings (SSSR count). The number of rotatable bonds is 7. The van der Waals surface area contributed by atoms with E-state index >= 15 is 0 Å². The summed E-state index contributed by atoms with van der Waals surface area (Å²) in [5.74, 6) is -0.740. The number of aromatic nitrogens is 2. The van der Waals surface area contributed by atoms with Gasteiger partial charge in [-0.05, 0) is 18.6 Å². The zero-order valence-electron chi connectivity index (χ0n) is 16.8. The molecule has 1 aromatic heterocycles. The van der Waals surface area contributed by atoms with E-state index in [0.717, 1.165) is 17.3 Å². The Morgan fingerprint density at radius 3 is 2.72 bits per heavy atom. The van der Waals surface area contributed by atoms with E-state index in [9.17, 15) is 18.0 Å². The smallest absolute Gasteiger partial charge is 0.369 e. The molecular formula is C19H20ClF3N8O. The van der Waals surface area contributed by atoms with Gasteiger partial charge in [-0.2, -0.15) is 18.2 Å². The van der Waals surface area contributed by atoms with E-state index in [1.165, 1.54) is 0 Å². The molecule has 0 saturated heterocycles. The number of primary amides is 1. The van der Waals surface area contributed by atoms with Gasteiger partial charge in [0.05, 0.1) is 11.3 Å². The number of alkyl halides is 3. The summed E-state index contributed by atoms with van der Waals surface area (Å²) in [5.41, 5.74) is 11.0. The van der Waals surface area contributed by atoms with Crippen LogP contribution in [0.4, 0.5) is 24.9 Å². The fourth-order valence-corrected chi connectivity index (χ4v) is 3.14. The summed E-state index contributed by atoms with van der Waals surface area (Å²) in [4.78, 5) is 23.4. The summed E-state index contributed by atoms with van der Waals surface area (Å²) in [7, 11) is 0. The van der Waals surface area contributed by atoms with Gasteiger partial charge in [-0.25, -0.2) is 4.98 Å². The van der Waals surface area contributed by atoms with E-state index in [1.807, 2.05) is 13.0 Å². The molecule has 1 atom stereocenters. The minimum Gasteiger partial charge on any atom is -0.369 e. The van der Waals surface area contributed by atoms with Crippen molar-refractivity contribution >= 4 is 35.5 Å². The van der Waals surface area contributed by atoms with Crippen LogP contribution in [0, 0.1) is 6.92 Å². The fourth-order valence-electron chi connectivity index (χ4n) is 2.97. The third-order valence-corrected chi connectivity index (χ3v) is 4.92. The Kier molecular flexibility index (Phi) is 6.84. The highest BCUT2D eigenvalue weighted by Crippen LogP contribution is 2.29. The number of aliphatic imine (C=N–C) groups is 1. The first-order valence-electron chi connectivity index (χ1n) is 9.34. The van der Waals surface area contributed by atoms with Crippen LogP contribution in [0.3, 0.4) is 0 Å². The average molecular weight is 469 g/mol. The Morgan fingerprint density at radius 1 is 1.28 bits per heavy atom. The van der Waals surface area contributed by atoms with Gasteiger partial charge in [-0.3, -0.25) is 15.1 Å². The number of nitrogens with one attached hydrogen (secondary N) is 3. The van der Waals surface area contributed by atoms with Gasteiger partial charge >= 0.3 is 6.18 Å². The van der Waals surface area contributed by atoms with Crippen LogP contribution in [-0.2, 0) is 4.79 Å². The molecule has 0 spiro atoms. The SMILES string of the molecule is Cc1c(Cl)cccc1-c1cc(NCCNC2N=CC(C(N)=O)=C(C(F)(F)F)N2)nc(N)n1. The number of nitrogens with two attached hydrogens (primary N) is 2. The van der Waals surface area contributed by atoms with Crippen molar-refractivity contribution in [2.45, 2.75) is 19.4 Å². The lowest BCUT2D eigenvalue weighted by atomic mass is 10.1. The normalized spacial score (nSPS) is 16.1. The first-order chi connectivity index (χ1) is 15.1. The lowest BCUT2D eigenvalue weighted by Gasteiger charge is -2.25. The molecule has 170 valence electrons. The summed E-state index contributed by atoms with van der Waals surface area (Å²) in [6.45, 7) is 2.35. The number of allylic oxidation sites excluding steroid dienone is 1. The van der Waals surface area contributed by atoms with Gasteiger partial charge in [-0.1, -0.05) is 23.7 Å². The molecule has 1 unspecified atom stereocenters. The third kappa shape index (κ3) is 5.45. The van der Waals surface area contributed by atoms with Crippen LogP contribution in [0.1, 0.15) is 5.56 Å². The van der Waals surface area contributed by atoms with Crippen molar-refractivity contribution in [3.05, 3.63) is 46.1 Å². The second-order valence-electron chi connectivity index (χ2n) is 6.77. The maximum absolute atomic E-state index is 13.1. The molecule has 13 heteroatoms. The van der Waals surface area contributed by atoms with E-state index in [4.69, 9.17) is 23.1 Å². The van der Waals surface area contributed by atoms with Gasteiger partial charge in [-0.15, -0.1) is 0 Å². The van der Waals surface area contributed by atoms with Crippen molar-refractivity contribution in [2.24, 2.45) is 10.7 Å². The maximum Gasteiger partial charge on any atom is 0.431 e. The molecular weight excluding hydrogens is 449 g/mol. The highest BCUT2D eigenvalue weighted by molar-refractivity contribution is 6.31. The molecule has 0 aliphatic carbocycles. The van der Waals surface area contributed by atoms with Crippen molar-refractivity contribution in [1.82, 2.24) is 20.6 Å². The molecule has 1 aromatic carbocycles. The van der Waals surface area contributed by atoms with Gasteiger partial charge in [0, 0.05) is 36.0 Å². The van der Waals surface area contributed by atoms with Crippen molar-refractivity contribution in [3.8, 4) is 11.3 Å². The number of halogens is 4. The van der Waals surface area contributed by atoms with Crippen LogP contribution in [0.2, 0.25) is 5.02 Å². The van der Waals surface area contributed by atoms with Gasteiger partial charge in [0.25, 0.3) is 5.91 Å². The molecule has 1 aliphatic rings. The summed E-state index contributed by atoms with van der Waals surface area (Å²) in [6.07, 6.45) is -5.06. The van der Waals surface area contributed by atoms with Gasteiger partial charge in [0.15, 0.2) is 6.29 Å². The average Bonchev–Trinajstić information content (AvgIpc) is 2.72. The lowest BCUT2D eigenvalue weighted by molar-refractivity contribution is -0.117. The first-order valence-corrected chi connectivity index (χ1v) is 9.72. The predicted molar refractivity (Wildman–Crippen MR) is 116 cm³/mol. The van der Waals surface area contributed by atoms with E-state index < -0.39 is 29.6 Å². The van der Waals surface area contributed by atoms with E-state index in [0.29, 0.717) is 16.5 Å². The zero-order chi connectivity index (χ0) is 23.5. The molecule has 0 radical (unpaired) electrons. The van der Waals surface area contributed by atoms with Crippen molar-refractivity contribution < 1.29 is 18.0 Å². The van der Waals surface area contributed by atoms with Gasteiger partial charge in [0.2, 0.25) is 5.95 Å². The van der Waals surface area contributed by atoms with Crippen molar-refractivity contribution in [2.75, 3.05) is 24.1 Å². The Balaban J connectivity index is 1.61. The Morgan fingerprint density at radius 2 is 2.03 bits per heavy atom. The minimum absolute atomic E-state index is 0.0508. The number of hydrogen-bond acceptors (Lipinski definition) is 8. The lowest BCUT2D eigenvalue weighted by Crippen LogP contribution is -2.48. The van der Waals surface area contributed by atoms with Crippen LogP contribution < -0.4 is 27.4 Å². The Labute approximate surface area is 186 Å². The zero-order valence-corrected chi connectivity index (χ0v) is 17.6. The summed E-state index contributed by atoms with van der Waals surface area (Å²) in [6, 6.07) is 7.11. The second-order valence-corrected chi connectivity index (χ2v) is 7.17. The number of benzene rings is 1. The Hall–Kier alpha value is -3.38. The van der Waals surface area contributed by atoms with Gasteiger partial charge in [0.1, 0.15) is 11.5 Å². The molecule has 9 nitrogen and oxygen atoms in total. The highest BCUT2D eigenvalue weighted by atomic mass is 35.5. The minimum atomic E-state index is -4.78. The standard InChI is InChI=1S/C19H20ClF3N8O/c1-9-10(3-2-4-12(9)20)13-7-14(30-17(25)29-13)26-5-6-27-18-28-8-11(16(24)32)15(31-18)19(21,22)23/h2-4,7-8,18,27,31H,5-6H2,1H3,(H2,24,32)(H3,25,26,29,30). The van der Waals surface area contributed by atoms with Gasteiger partial charge < -0.3 is 22.1 Å². The maximum atomic E-state index is 13.1. The molecule has 32 heavy (non-hydrogen) atoms. The van der Waals surface area contributed by atoms with E-state index in [2.05, 4.69) is 30.9 Å². The number of nitrogen functional groups attached to an aromatic ring is 1. The molecule has 0 fully saturated rings. The number of hydrogen-bond donors (Lipinski definition) is 5. The van der Waals surface area contributed by atoms with Crippen LogP contribution >= 0.6 is 11.6 Å². The fraction of sp³-hybridized carbons (Fsp3) is 0.263. The molecule has 2 aromatic rings. The van der Waals surface area contributed by atoms with Crippen LogP contribution in [0.5, 0.6) is 0 Å². The summed E-state index contributed by atoms with van der Waals surface area (Å²) >= 11 is 6.17. The highest BCUT2D eigenvalue weighted by Gasteiger charge is 2.40. The van der Waals surface area contributed by atoms with Crippen molar-refractivity contribution in [1.29, 1.82) is 0 Å². The predicted octanol–water partition coefficient (Wildman–Crippen LogP) is 1.95. The van der Waals surface area contributed by atoms with Crippen LogP contribution in [0.15, 0.2) is 40.5 Å². The summed E-state index contributed by atoms with van der Waals surface area (Å²) in [5, 5.41) is 8.53. The first kappa shape index (κ1) is 23.3. The topological polar surface area (TPSA) is 143 Å². The molecule has 2 heterocycles. The largest absolute Gasteiger partial charge is 0.431 e. The number of amides is 1. The van der Waals surface area contributed by atoms with Crippen LogP contribution in [-0.4, -0.2) is 47.6 Å². The molecule has 1 aliphatic heterocycles. The molecule has 7 N–H and O–H groups in total. The number of nitrogens with zero attached hydrogens (tertiary/aromatic N) is 3. The monoisotopic (exact) mass is 468 g/mol. The number of carbonyl (C=O) groups excluding carboxylic acids is 1. The molecule has 0 saturated carbocycles. The van der Waals surface area contributed by atoms with E-state index in [1.54, 1.807) is 18.2 Å². The van der Waals surface area contributed by atoms with E-state index in [-0.39, 0.29) is 19.0 Å².